The van der Waals surface area contributed by atoms with E-state index in [1.54, 1.807) is 0 Å². The van der Waals surface area contributed by atoms with Gasteiger partial charge < -0.3 is 14.2 Å². The number of allylic oxidation sites excluding steroid dienone is 4. The van der Waals surface area contributed by atoms with Crippen LogP contribution >= 0.6 is 0 Å². The predicted octanol–water partition coefficient (Wildman–Crippen LogP) is 24.6. The molecule has 0 N–H and O–H groups in total. The maximum Gasteiger partial charge on any atom is 0.306 e. The van der Waals surface area contributed by atoms with E-state index in [9.17, 15) is 14.4 Å². The van der Waals surface area contributed by atoms with Crippen LogP contribution in [0.5, 0.6) is 0 Å². The molecule has 0 fully saturated rings. The van der Waals surface area contributed by atoms with Gasteiger partial charge in [0, 0.05) is 19.3 Å². The minimum Gasteiger partial charge on any atom is -0.462 e. The third-order valence-electron chi connectivity index (χ3n) is 16.5. The van der Waals surface area contributed by atoms with E-state index in [1.165, 1.54) is 302 Å². The Balaban J connectivity index is 4.19. The highest BCUT2D eigenvalue weighted by Crippen LogP contribution is 2.19. The molecule has 0 aliphatic heterocycles. The molecule has 0 spiro atoms. The van der Waals surface area contributed by atoms with Crippen LogP contribution in [0.15, 0.2) is 24.3 Å². The van der Waals surface area contributed by atoms with Crippen LogP contribution in [0.4, 0.5) is 0 Å². The van der Waals surface area contributed by atoms with Crippen molar-refractivity contribution in [3.05, 3.63) is 24.3 Å². The van der Waals surface area contributed by atoms with Gasteiger partial charge in [0.25, 0.3) is 0 Å². The van der Waals surface area contributed by atoms with Gasteiger partial charge in [-0.25, -0.2) is 0 Å². The zero-order chi connectivity index (χ0) is 57.1. The van der Waals surface area contributed by atoms with Crippen LogP contribution in [0.3, 0.4) is 0 Å². The molecule has 0 aromatic carbocycles. The van der Waals surface area contributed by atoms with Crippen molar-refractivity contribution in [1.82, 2.24) is 0 Å². The molecular formula is C73H138O6. The first-order chi connectivity index (χ1) is 39.0. The highest BCUT2D eigenvalue weighted by Gasteiger charge is 2.19. The Kier molecular flexibility index (Phi) is 66.6. The molecule has 0 saturated carbocycles. The van der Waals surface area contributed by atoms with Gasteiger partial charge in [0.1, 0.15) is 13.2 Å². The molecule has 0 aromatic rings. The summed E-state index contributed by atoms with van der Waals surface area (Å²) in [7, 11) is 0. The summed E-state index contributed by atoms with van der Waals surface area (Å²) in [4.78, 5) is 38.4. The molecule has 0 rings (SSSR count). The Hall–Kier alpha value is -2.11. The molecule has 466 valence electrons. The van der Waals surface area contributed by atoms with Crippen molar-refractivity contribution < 1.29 is 28.6 Å². The Bertz CT molecular complexity index is 1270. The maximum absolute atomic E-state index is 13.0. The minimum absolute atomic E-state index is 0.0643. The first kappa shape index (κ1) is 76.9. The number of carbonyl (C=O) groups is 3. The first-order valence-electron chi connectivity index (χ1n) is 35.8. The van der Waals surface area contributed by atoms with E-state index in [4.69, 9.17) is 14.2 Å². The van der Waals surface area contributed by atoms with E-state index >= 15 is 0 Å². The van der Waals surface area contributed by atoms with Crippen molar-refractivity contribution in [1.29, 1.82) is 0 Å². The van der Waals surface area contributed by atoms with E-state index in [-0.39, 0.29) is 31.1 Å². The summed E-state index contributed by atoms with van der Waals surface area (Å²) >= 11 is 0. The summed E-state index contributed by atoms with van der Waals surface area (Å²) in [5.41, 5.74) is 0. The van der Waals surface area contributed by atoms with Crippen LogP contribution in [0.1, 0.15) is 406 Å². The second kappa shape index (κ2) is 68.4. The lowest BCUT2D eigenvalue weighted by Gasteiger charge is -2.18. The van der Waals surface area contributed by atoms with E-state index in [0.717, 1.165) is 64.2 Å². The number of hydrogen-bond acceptors (Lipinski definition) is 6. The van der Waals surface area contributed by atoms with Crippen molar-refractivity contribution >= 4 is 17.9 Å². The summed E-state index contributed by atoms with van der Waals surface area (Å²) in [5.74, 6) is -0.832. The highest BCUT2D eigenvalue weighted by atomic mass is 16.6. The maximum atomic E-state index is 13.0. The number of unbranched alkanes of at least 4 members (excludes halogenated alkanes) is 52. The van der Waals surface area contributed by atoms with E-state index < -0.39 is 6.10 Å². The Morgan fingerprint density at radius 3 is 0.696 bits per heavy atom. The predicted molar refractivity (Wildman–Crippen MR) is 344 cm³/mol. The Labute approximate surface area is 493 Å². The SMILES string of the molecule is CCCCCCC/C=C\C/C=C\CCCCCCCCCCCCCCCC(=O)OCC(COC(=O)CCCCCCCCCCCCCC)OC(=O)CCCCCCCCCCCCCCCCCCCCCCCCCC. The third kappa shape index (κ3) is 66.6. The van der Waals surface area contributed by atoms with Gasteiger partial charge in [-0.3, -0.25) is 14.4 Å². The lowest BCUT2D eigenvalue weighted by atomic mass is 10.0. The van der Waals surface area contributed by atoms with Gasteiger partial charge in [0.15, 0.2) is 6.10 Å². The molecule has 0 saturated heterocycles. The lowest BCUT2D eigenvalue weighted by molar-refractivity contribution is -0.167. The third-order valence-corrected chi connectivity index (χ3v) is 16.5. The fourth-order valence-corrected chi connectivity index (χ4v) is 11.1. The van der Waals surface area contributed by atoms with Crippen molar-refractivity contribution in [2.75, 3.05) is 13.2 Å². The van der Waals surface area contributed by atoms with Crippen LogP contribution in [0.2, 0.25) is 0 Å². The molecule has 0 aromatic heterocycles. The Morgan fingerprint density at radius 1 is 0.253 bits per heavy atom. The quantitative estimate of drug-likeness (QED) is 0.0261. The van der Waals surface area contributed by atoms with Crippen molar-refractivity contribution in [3.63, 3.8) is 0 Å². The molecule has 1 unspecified atom stereocenters. The van der Waals surface area contributed by atoms with E-state index in [1.807, 2.05) is 0 Å². The second-order valence-corrected chi connectivity index (χ2v) is 24.5. The first-order valence-corrected chi connectivity index (χ1v) is 35.8. The normalized spacial score (nSPS) is 12.1. The molecule has 0 radical (unpaired) electrons. The fourth-order valence-electron chi connectivity index (χ4n) is 11.1. The van der Waals surface area contributed by atoms with Gasteiger partial charge in [-0.1, -0.05) is 360 Å². The fraction of sp³-hybridized carbons (Fsp3) is 0.904. The number of esters is 3. The van der Waals surface area contributed by atoms with Gasteiger partial charge in [0.2, 0.25) is 0 Å². The summed E-state index contributed by atoms with van der Waals surface area (Å²) in [6.45, 7) is 6.71. The zero-order valence-corrected chi connectivity index (χ0v) is 53.7. The van der Waals surface area contributed by atoms with E-state index in [0.29, 0.717) is 19.3 Å². The number of rotatable bonds is 67. The molecule has 6 heteroatoms. The molecule has 0 bridgehead atoms. The number of ether oxygens (including phenoxy) is 3. The highest BCUT2D eigenvalue weighted by molar-refractivity contribution is 5.71. The van der Waals surface area contributed by atoms with Gasteiger partial charge in [-0.05, 0) is 51.4 Å². The summed E-state index contributed by atoms with van der Waals surface area (Å²) in [5, 5.41) is 0. The summed E-state index contributed by atoms with van der Waals surface area (Å²) in [6.07, 6.45) is 83.6. The molecule has 0 heterocycles. The minimum atomic E-state index is -0.767. The van der Waals surface area contributed by atoms with Gasteiger partial charge >= 0.3 is 17.9 Å². The molecular weight excluding hydrogens is 973 g/mol. The lowest BCUT2D eigenvalue weighted by Crippen LogP contribution is -2.30. The van der Waals surface area contributed by atoms with Gasteiger partial charge in [0.05, 0.1) is 0 Å². The van der Waals surface area contributed by atoms with Crippen LogP contribution < -0.4 is 0 Å². The number of carbonyl (C=O) groups excluding carboxylic acids is 3. The molecule has 6 nitrogen and oxygen atoms in total. The molecule has 0 amide bonds. The smallest absolute Gasteiger partial charge is 0.306 e. The van der Waals surface area contributed by atoms with Gasteiger partial charge in [-0.15, -0.1) is 0 Å². The topological polar surface area (TPSA) is 78.9 Å². The second-order valence-electron chi connectivity index (χ2n) is 24.5. The van der Waals surface area contributed by atoms with E-state index in [2.05, 4.69) is 45.1 Å². The molecule has 0 aliphatic carbocycles. The van der Waals surface area contributed by atoms with Crippen LogP contribution in [-0.2, 0) is 28.6 Å². The summed E-state index contributed by atoms with van der Waals surface area (Å²) < 4.78 is 17.0. The number of hydrogen-bond donors (Lipinski definition) is 0. The zero-order valence-electron chi connectivity index (χ0n) is 53.7. The van der Waals surface area contributed by atoms with Gasteiger partial charge in [-0.2, -0.15) is 0 Å². The molecule has 0 aliphatic rings. The van der Waals surface area contributed by atoms with Crippen molar-refractivity contribution in [2.45, 2.75) is 412 Å². The molecule has 1 atom stereocenters. The Morgan fingerprint density at radius 2 is 0.456 bits per heavy atom. The van der Waals surface area contributed by atoms with Crippen molar-refractivity contribution in [2.24, 2.45) is 0 Å². The van der Waals surface area contributed by atoms with Crippen LogP contribution in [-0.4, -0.2) is 37.2 Å². The van der Waals surface area contributed by atoms with Crippen LogP contribution in [0, 0.1) is 0 Å². The van der Waals surface area contributed by atoms with Crippen LogP contribution in [0.25, 0.3) is 0 Å². The molecule has 79 heavy (non-hydrogen) atoms. The largest absolute Gasteiger partial charge is 0.462 e. The average molecular weight is 1110 g/mol. The standard InChI is InChI=1S/C73H138O6/c1-4-7-10-13-16-19-22-25-27-29-31-33-35-37-39-40-42-44-46-48-51-54-57-60-63-66-72(75)78-69-70(68-77-71(74)65-62-59-56-53-50-24-21-18-15-12-9-6-3)79-73(76)67-64-61-58-55-52-49-47-45-43-41-38-36-34-32-30-28-26-23-20-17-14-11-8-5-2/h22,25,29,31,70H,4-21,23-24,26-28,30,32-69H2,1-3H3/b25-22-,31-29-. The average Bonchev–Trinajstić information content (AvgIpc) is 3.45. The monoisotopic (exact) mass is 1110 g/mol. The summed E-state index contributed by atoms with van der Waals surface area (Å²) in [6, 6.07) is 0. The van der Waals surface area contributed by atoms with Crippen molar-refractivity contribution in [3.8, 4) is 0 Å².